The zero-order chi connectivity index (χ0) is 14.7. The second kappa shape index (κ2) is 5.70. The highest BCUT2D eigenvalue weighted by atomic mass is 32.1. The van der Waals surface area contributed by atoms with Crippen molar-refractivity contribution >= 4 is 34.0 Å². The summed E-state index contributed by atoms with van der Waals surface area (Å²) in [4.78, 5) is 27.2. The molecular formula is C13H13N3O3S. The molecule has 0 saturated carbocycles. The summed E-state index contributed by atoms with van der Waals surface area (Å²) in [6.45, 7) is 1.79. The minimum absolute atomic E-state index is 0.268. The molecule has 1 heterocycles. The summed E-state index contributed by atoms with van der Waals surface area (Å²) in [5, 5.41) is 4.65. The number of methoxy groups -OCH3 is 1. The molecule has 2 rings (SSSR count). The lowest BCUT2D eigenvalue weighted by Gasteiger charge is -2.08. The number of aryl methyl sites for hydroxylation is 1. The predicted molar refractivity (Wildman–Crippen MR) is 77.0 cm³/mol. The predicted octanol–water partition coefficient (Wildman–Crippen LogP) is 2.07. The number of nitrogens with two attached hydrogens (primary N) is 1. The fourth-order valence-electron chi connectivity index (χ4n) is 1.63. The Labute approximate surface area is 119 Å². The maximum Gasteiger partial charge on any atom is 0.337 e. The van der Waals surface area contributed by atoms with Gasteiger partial charge < -0.3 is 15.8 Å². The van der Waals surface area contributed by atoms with Crippen molar-refractivity contribution in [3.05, 3.63) is 40.4 Å². The molecule has 0 saturated heterocycles. The molecule has 0 fully saturated rings. The first-order valence-electron chi connectivity index (χ1n) is 5.72. The quantitative estimate of drug-likeness (QED) is 0.844. The molecule has 1 aromatic heterocycles. The van der Waals surface area contributed by atoms with Crippen LogP contribution in [0.2, 0.25) is 0 Å². The average molecular weight is 291 g/mol. The fourth-order valence-corrected chi connectivity index (χ4v) is 2.17. The van der Waals surface area contributed by atoms with E-state index in [9.17, 15) is 9.59 Å². The van der Waals surface area contributed by atoms with Crippen molar-refractivity contribution in [1.29, 1.82) is 0 Å². The number of esters is 1. The number of nitrogens with one attached hydrogen (secondary N) is 1. The van der Waals surface area contributed by atoms with E-state index in [1.807, 2.05) is 0 Å². The number of carbonyl (C=O) groups excluding carboxylic acids is 2. The van der Waals surface area contributed by atoms with Gasteiger partial charge in [-0.3, -0.25) is 4.79 Å². The van der Waals surface area contributed by atoms with Crippen molar-refractivity contribution in [2.24, 2.45) is 0 Å². The number of anilines is 2. The molecule has 3 N–H and O–H groups in total. The molecule has 0 bridgehead atoms. The lowest BCUT2D eigenvalue weighted by atomic mass is 10.1. The lowest BCUT2D eigenvalue weighted by molar-refractivity contribution is 0.0600. The number of aromatic nitrogens is 1. The van der Waals surface area contributed by atoms with Gasteiger partial charge in [-0.2, -0.15) is 0 Å². The van der Waals surface area contributed by atoms with Gasteiger partial charge in [0.1, 0.15) is 5.69 Å². The van der Waals surface area contributed by atoms with Crippen LogP contribution in [-0.4, -0.2) is 24.0 Å². The number of hydrogen-bond donors (Lipinski definition) is 2. The van der Waals surface area contributed by atoms with Crippen LogP contribution in [0.1, 0.15) is 26.4 Å². The van der Waals surface area contributed by atoms with Crippen molar-refractivity contribution in [2.45, 2.75) is 6.92 Å². The van der Waals surface area contributed by atoms with Crippen LogP contribution in [0.15, 0.2) is 23.6 Å². The minimum atomic E-state index is -0.418. The standard InChI is InChI=1S/C13H13N3O3S/c1-7-5-8(12(18)19-2)3-4-9(7)15-11(17)10-6-20-13(14)16-10/h3-6H,1-2H3,(H2,14,16)(H,15,17). The Morgan fingerprint density at radius 2 is 2.15 bits per heavy atom. The van der Waals surface area contributed by atoms with Gasteiger partial charge in [0.25, 0.3) is 5.91 Å². The fraction of sp³-hybridized carbons (Fsp3) is 0.154. The summed E-state index contributed by atoms with van der Waals surface area (Å²) < 4.78 is 4.64. The van der Waals surface area contributed by atoms with E-state index in [1.54, 1.807) is 30.5 Å². The summed E-state index contributed by atoms with van der Waals surface area (Å²) >= 11 is 1.20. The zero-order valence-corrected chi connectivity index (χ0v) is 11.8. The molecule has 0 spiro atoms. The van der Waals surface area contributed by atoms with Gasteiger partial charge in [0.15, 0.2) is 5.13 Å². The molecule has 0 radical (unpaired) electrons. The Bertz CT molecular complexity index is 667. The number of hydrogen-bond acceptors (Lipinski definition) is 6. The first-order valence-corrected chi connectivity index (χ1v) is 6.60. The number of ether oxygens (including phenoxy) is 1. The number of benzene rings is 1. The average Bonchev–Trinajstić information content (AvgIpc) is 2.86. The number of amides is 1. The Balaban J connectivity index is 2.18. The molecule has 0 aliphatic carbocycles. The topological polar surface area (TPSA) is 94.3 Å². The van der Waals surface area contributed by atoms with Gasteiger partial charge in [0.05, 0.1) is 12.7 Å². The molecule has 7 heteroatoms. The second-order valence-corrected chi connectivity index (χ2v) is 4.94. The van der Waals surface area contributed by atoms with Crippen LogP contribution in [0, 0.1) is 6.92 Å². The van der Waals surface area contributed by atoms with Gasteiger partial charge in [-0.05, 0) is 30.7 Å². The molecule has 0 aliphatic heterocycles. The van der Waals surface area contributed by atoms with Gasteiger partial charge >= 0.3 is 5.97 Å². The molecule has 104 valence electrons. The van der Waals surface area contributed by atoms with Gasteiger partial charge in [-0.1, -0.05) is 0 Å². The molecule has 1 aromatic carbocycles. The van der Waals surface area contributed by atoms with Crippen LogP contribution in [-0.2, 0) is 4.74 Å². The van der Waals surface area contributed by atoms with Crippen molar-refractivity contribution in [3.63, 3.8) is 0 Å². The molecule has 0 unspecified atom stereocenters. The first kappa shape index (κ1) is 14.0. The normalized spacial score (nSPS) is 10.1. The van der Waals surface area contributed by atoms with E-state index in [4.69, 9.17) is 5.73 Å². The van der Waals surface area contributed by atoms with Crippen molar-refractivity contribution < 1.29 is 14.3 Å². The number of rotatable bonds is 3. The number of thiazole rings is 1. The largest absolute Gasteiger partial charge is 0.465 e. The Morgan fingerprint density at radius 1 is 1.40 bits per heavy atom. The second-order valence-electron chi connectivity index (χ2n) is 4.05. The third kappa shape index (κ3) is 2.94. The monoisotopic (exact) mass is 291 g/mol. The maximum absolute atomic E-state index is 11.9. The van der Waals surface area contributed by atoms with Crippen LogP contribution < -0.4 is 11.1 Å². The smallest absolute Gasteiger partial charge is 0.337 e. The van der Waals surface area contributed by atoms with Gasteiger partial charge in [0, 0.05) is 11.1 Å². The summed E-state index contributed by atoms with van der Waals surface area (Å²) in [5.41, 5.74) is 7.54. The van der Waals surface area contributed by atoms with E-state index in [-0.39, 0.29) is 11.6 Å². The Morgan fingerprint density at radius 3 is 2.70 bits per heavy atom. The van der Waals surface area contributed by atoms with E-state index in [0.717, 1.165) is 5.56 Å². The Kier molecular flexibility index (Phi) is 3.99. The molecule has 2 aromatic rings. The molecule has 0 atom stereocenters. The van der Waals surface area contributed by atoms with Crippen LogP contribution in [0.3, 0.4) is 0 Å². The van der Waals surface area contributed by atoms with Gasteiger partial charge in [0.2, 0.25) is 0 Å². The van der Waals surface area contributed by atoms with E-state index in [0.29, 0.717) is 16.4 Å². The van der Waals surface area contributed by atoms with E-state index in [1.165, 1.54) is 18.4 Å². The van der Waals surface area contributed by atoms with Crippen LogP contribution in [0.25, 0.3) is 0 Å². The SMILES string of the molecule is COC(=O)c1ccc(NC(=O)c2csc(N)n2)c(C)c1. The molecule has 1 amide bonds. The summed E-state index contributed by atoms with van der Waals surface area (Å²) in [6.07, 6.45) is 0. The van der Waals surface area contributed by atoms with Crippen LogP contribution >= 0.6 is 11.3 Å². The number of nitrogens with zero attached hydrogens (tertiary/aromatic N) is 1. The molecule has 0 aliphatic rings. The van der Waals surface area contributed by atoms with Crippen LogP contribution in [0.5, 0.6) is 0 Å². The summed E-state index contributed by atoms with van der Waals surface area (Å²) in [6, 6.07) is 4.88. The highest BCUT2D eigenvalue weighted by Gasteiger charge is 2.12. The third-order valence-corrected chi connectivity index (χ3v) is 3.32. The summed E-state index contributed by atoms with van der Waals surface area (Å²) in [5.74, 6) is -0.759. The van der Waals surface area contributed by atoms with Crippen molar-refractivity contribution in [1.82, 2.24) is 4.98 Å². The number of carbonyl (C=O) groups is 2. The minimum Gasteiger partial charge on any atom is -0.465 e. The highest BCUT2D eigenvalue weighted by Crippen LogP contribution is 2.19. The first-order chi connectivity index (χ1) is 9.51. The molecular weight excluding hydrogens is 278 g/mol. The summed E-state index contributed by atoms with van der Waals surface area (Å²) in [7, 11) is 1.32. The van der Waals surface area contributed by atoms with E-state index >= 15 is 0 Å². The van der Waals surface area contributed by atoms with E-state index in [2.05, 4.69) is 15.0 Å². The van der Waals surface area contributed by atoms with Crippen molar-refractivity contribution in [3.8, 4) is 0 Å². The van der Waals surface area contributed by atoms with Gasteiger partial charge in [-0.25, -0.2) is 9.78 Å². The zero-order valence-electron chi connectivity index (χ0n) is 11.0. The third-order valence-electron chi connectivity index (χ3n) is 2.65. The molecule has 6 nitrogen and oxygen atoms in total. The Hall–Kier alpha value is -2.41. The van der Waals surface area contributed by atoms with Crippen LogP contribution in [0.4, 0.5) is 10.8 Å². The highest BCUT2D eigenvalue weighted by molar-refractivity contribution is 7.13. The van der Waals surface area contributed by atoms with Gasteiger partial charge in [-0.15, -0.1) is 11.3 Å². The van der Waals surface area contributed by atoms with E-state index < -0.39 is 5.97 Å². The maximum atomic E-state index is 11.9. The number of nitrogen functional groups attached to an aromatic ring is 1. The lowest BCUT2D eigenvalue weighted by Crippen LogP contribution is -2.13. The molecule has 20 heavy (non-hydrogen) atoms. The van der Waals surface area contributed by atoms with Crippen molar-refractivity contribution in [2.75, 3.05) is 18.2 Å².